The third-order valence-electron chi connectivity index (χ3n) is 2.93. The van der Waals surface area contributed by atoms with Gasteiger partial charge in [0.15, 0.2) is 0 Å². The van der Waals surface area contributed by atoms with Crippen LogP contribution in [0.2, 0.25) is 0 Å². The highest BCUT2D eigenvalue weighted by Crippen LogP contribution is 2.25. The maximum atomic E-state index is 11.3. The lowest BCUT2D eigenvalue weighted by Crippen LogP contribution is -2.42. The summed E-state index contributed by atoms with van der Waals surface area (Å²) in [6.07, 6.45) is 3.28. The molecule has 3 heteroatoms. The topological polar surface area (TPSA) is 44.1 Å². The number of amides is 1. The molecule has 1 aliphatic rings. The quantitative estimate of drug-likeness (QED) is 0.674. The van der Waals surface area contributed by atoms with Gasteiger partial charge in [-0.2, -0.15) is 5.26 Å². The summed E-state index contributed by atoms with van der Waals surface area (Å²) >= 11 is 0. The van der Waals surface area contributed by atoms with Crippen molar-refractivity contribution in [3.05, 3.63) is 12.7 Å². The lowest BCUT2D eigenvalue weighted by molar-refractivity contribution is -0.128. The molecule has 90 valence electrons. The molecule has 0 bridgehead atoms. The van der Waals surface area contributed by atoms with Gasteiger partial charge in [0, 0.05) is 13.1 Å². The van der Waals surface area contributed by atoms with Crippen LogP contribution in [0.5, 0.6) is 0 Å². The average molecular weight is 222 g/mol. The monoisotopic (exact) mass is 222 g/mol. The molecule has 0 aromatic rings. The highest BCUT2D eigenvalue weighted by Gasteiger charge is 2.29. The number of hydrogen-bond acceptors (Lipinski definition) is 2. The number of carbonyl (C=O) groups excluding carboxylic acids is 1. The summed E-state index contributed by atoms with van der Waals surface area (Å²) in [5, 5.41) is 8.95. The van der Waals surface area contributed by atoms with Crippen LogP contribution in [0.3, 0.4) is 0 Å². The molecule has 0 spiro atoms. The van der Waals surface area contributed by atoms with Crippen molar-refractivity contribution in [1.29, 1.82) is 5.26 Å². The maximum Gasteiger partial charge on any atom is 0.245 e. The largest absolute Gasteiger partial charge is 0.338 e. The molecule has 3 nitrogen and oxygen atoms in total. The first-order valence-electron chi connectivity index (χ1n) is 6.03. The molecule has 0 N–H and O–H groups in total. The van der Waals surface area contributed by atoms with Gasteiger partial charge in [-0.15, -0.1) is 0 Å². The van der Waals surface area contributed by atoms with Gasteiger partial charge in [0.05, 0.1) is 12.0 Å². The molecule has 1 aliphatic heterocycles. The molecule has 0 aromatic heterocycles. The van der Waals surface area contributed by atoms with Crippen molar-refractivity contribution in [1.82, 2.24) is 4.90 Å². The number of likely N-dealkylation sites (tertiary alicyclic amines) is 1. The first kappa shape index (κ1) is 14.7. The van der Waals surface area contributed by atoms with E-state index in [4.69, 9.17) is 5.26 Å². The van der Waals surface area contributed by atoms with E-state index in [1.807, 2.05) is 13.8 Å². The molecule has 1 amide bonds. The Kier molecular flexibility index (Phi) is 7.28. The molecule has 1 fully saturated rings. The SMILES string of the molecule is C=CC(=O)N1CCC(CC)C(C#N)C1.CC. The minimum atomic E-state index is -0.0557. The number of nitriles is 1. The highest BCUT2D eigenvalue weighted by molar-refractivity contribution is 5.87. The molecule has 0 saturated carbocycles. The van der Waals surface area contributed by atoms with Crippen LogP contribution in [0, 0.1) is 23.2 Å². The normalized spacial score (nSPS) is 23.8. The molecule has 2 atom stereocenters. The van der Waals surface area contributed by atoms with Gasteiger partial charge in [-0.05, 0) is 18.4 Å². The van der Waals surface area contributed by atoms with Crippen LogP contribution in [0.15, 0.2) is 12.7 Å². The zero-order chi connectivity index (χ0) is 12.6. The van der Waals surface area contributed by atoms with Crippen LogP contribution in [0.4, 0.5) is 0 Å². The molecule has 2 unspecified atom stereocenters. The number of carbonyl (C=O) groups is 1. The molecule has 1 saturated heterocycles. The van der Waals surface area contributed by atoms with E-state index in [0.717, 1.165) is 19.4 Å². The second kappa shape index (κ2) is 7.92. The second-order valence-electron chi connectivity index (χ2n) is 3.68. The fourth-order valence-electron chi connectivity index (χ4n) is 1.96. The van der Waals surface area contributed by atoms with Crippen LogP contribution in [0.1, 0.15) is 33.6 Å². The summed E-state index contributed by atoms with van der Waals surface area (Å²) in [6.45, 7) is 10.9. The Morgan fingerprint density at radius 1 is 1.62 bits per heavy atom. The average Bonchev–Trinajstić information content (AvgIpc) is 2.39. The van der Waals surface area contributed by atoms with Gasteiger partial charge >= 0.3 is 0 Å². The Morgan fingerprint density at radius 3 is 2.69 bits per heavy atom. The number of rotatable bonds is 2. The van der Waals surface area contributed by atoms with E-state index in [1.165, 1.54) is 6.08 Å². The lowest BCUT2D eigenvalue weighted by Gasteiger charge is -2.34. The van der Waals surface area contributed by atoms with E-state index in [1.54, 1.807) is 4.90 Å². The molecule has 0 aliphatic carbocycles. The van der Waals surface area contributed by atoms with Gasteiger partial charge in [-0.25, -0.2) is 0 Å². The molecule has 16 heavy (non-hydrogen) atoms. The summed E-state index contributed by atoms with van der Waals surface area (Å²) in [7, 11) is 0. The molecular formula is C13H22N2O. The number of hydrogen-bond donors (Lipinski definition) is 0. The van der Waals surface area contributed by atoms with E-state index in [2.05, 4.69) is 19.6 Å². The van der Waals surface area contributed by atoms with Gasteiger partial charge in [0.2, 0.25) is 5.91 Å². The van der Waals surface area contributed by atoms with Crippen molar-refractivity contribution < 1.29 is 4.79 Å². The van der Waals surface area contributed by atoms with Crippen molar-refractivity contribution in [2.45, 2.75) is 33.6 Å². The predicted octanol–water partition coefficient (Wildman–Crippen LogP) is 2.60. The van der Waals surface area contributed by atoms with Crippen molar-refractivity contribution in [2.75, 3.05) is 13.1 Å². The fraction of sp³-hybridized carbons (Fsp3) is 0.692. The Balaban J connectivity index is 0.00000106. The Morgan fingerprint density at radius 2 is 2.25 bits per heavy atom. The predicted molar refractivity (Wildman–Crippen MR) is 65.6 cm³/mol. The van der Waals surface area contributed by atoms with Crippen molar-refractivity contribution in [3.8, 4) is 6.07 Å². The molecule has 0 aromatic carbocycles. The number of piperidine rings is 1. The van der Waals surface area contributed by atoms with Crippen LogP contribution >= 0.6 is 0 Å². The summed E-state index contributed by atoms with van der Waals surface area (Å²) < 4.78 is 0. The summed E-state index contributed by atoms with van der Waals surface area (Å²) in [5.74, 6) is 0.395. The van der Waals surface area contributed by atoms with Crippen LogP contribution in [-0.2, 0) is 4.79 Å². The summed E-state index contributed by atoms with van der Waals surface area (Å²) in [5.41, 5.74) is 0. The second-order valence-corrected chi connectivity index (χ2v) is 3.68. The van der Waals surface area contributed by atoms with Gasteiger partial charge in [-0.1, -0.05) is 33.8 Å². The highest BCUT2D eigenvalue weighted by atomic mass is 16.2. The molecule has 1 rings (SSSR count). The molecular weight excluding hydrogens is 200 g/mol. The van der Waals surface area contributed by atoms with Gasteiger partial charge in [0.1, 0.15) is 0 Å². The van der Waals surface area contributed by atoms with Gasteiger partial charge in [0.25, 0.3) is 0 Å². The zero-order valence-electron chi connectivity index (χ0n) is 10.6. The molecule has 1 heterocycles. The van der Waals surface area contributed by atoms with E-state index in [9.17, 15) is 4.79 Å². The molecule has 0 radical (unpaired) electrons. The van der Waals surface area contributed by atoms with E-state index < -0.39 is 0 Å². The van der Waals surface area contributed by atoms with Gasteiger partial charge in [-0.3, -0.25) is 4.79 Å². The zero-order valence-corrected chi connectivity index (χ0v) is 10.6. The Bertz CT molecular complexity index is 268. The summed E-state index contributed by atoms with van der Waals surface area (Å²) in [6, 6.07) is 2.29. The summed E-state index contributed by atoms with van der Waals surface area (Å²) in [4.78, 5) is 13.0. The van der Waals surface area contributed by atoms with E-state index >= 15 is 0 Å². The van der Waals surface area contributed by atoms with Crippen molar-refractivity contribution in [2.24, 2.45) is 11.8 Å². The third-order valence-corrected chi connectivity index (χ3v) is 2.93. The van der Waals surface area contributed by atoms with Crippen LogP contribution < -0.4 is 0 Å². The first-order chi connectivity index (χ1) is 7.72. The standard InChI is InChI=1S/C11H16N2O.C2H6/c1-3-9-5-6-13(11(14)4-2)8-10(9)7-12;1-2/h4,9-10H,2-3,5-6,8H2,1H3;1-2H3. The maximum absolute atomic E-state index is 11.3. The van der Waals surface area contributed by atoms with Crippen LogP contribution in [-0.4, -0.2) is 23.9 Å². The first-order valence-corrected chi connectivity index (χ1v) is 6.03. The van der Waals surface area contributed by atoms with Crippen LogP contribution in [0.25, 0.3) is 0 Å². The Hall–Kier alpha value is -1.30. The van der Waals surface area contributed by atoms with Gasteiger partial charge < -0.3 is 4.90 Å². The smallest absolute Gasteiger partial charge is 0.245 e. The number of nitrogens with zero attached hydrogens (tertiary/aromatic N) is 2. The van der Waals surface area contributed by atoms with E-state index in [-0.39, 0.29) is 11.8 Å². The minimum absolute atomic E-state index is 0.00218. The van der Waals surface area contributed by atoms with Crippen molar-refractivity contribution >= 4 is 5.91 Å². The van der Waals surface area contributed by atoms with Crippen molar-refractivity contribution in [3.63, 3.8) is 0 Å². The third kappa shape index (κ3) is 3.69. The van der Waals surface area contributed by atoms with E-state index in [0.29, 0.717) is 12.5 Å². The minimum Gasteiger partial charge on any atom is -0.338 e. The lowest BCUT2D eigenvalue weighted by atomic mass is 9.84. The fourth-order valence-corrected chi connectivity index (χ4v) is 1.96. The Labute approximate surface area is 98.7 Å².